The molecule has 3 rings (SSSR count). The van der Waals surface area contributed by atoms with E-state index in [1.54, 1.807) is 0 Å². The van der Waals surface area contributed by atoms with Crippen molar-refractivity contribution in [1.29, 1.82) is 0 Å². The Balaban J connectivity index is 1.74. The van der Waals surface area contributed by atoms with Crippen LogP contribution in [0.25, 0.3) is 0 Å². The average Bonchev–Trinajstić information content (AvgIpc) is 3.25. The molecule has 1 aromatic rings. The van der Waals surface area contributed by atoms with Crippen LogP contribution in [0.5, 0.6) is 0 Å². The van der Waals surface area contributed by atoms with Gasteiger partial charge in [0.15, 0.2) is 0 Å². The van der Waals surface area contributed by atoms with Crippen LogP contribution in [0.3, 0.4) is 0 Å². The van der Waals surface area contributed by atoms with E-state index in [9.17, 15) is 4.79 Å². The first-order chi connectivity index (χ1) is 8.64. The highest BCUT2D eigenvalue weighted by molar-refractivity contribution is 5.86. The first-order valence-electron chi connectivity index (χ1n) is 6.71. The average molecular weight is 248 g/mol. The molecule has 0 aromatic carbocycles. The van der Waals surface area contributed by atoms with E-state index in [0.717, 1.165) is 37.2 Å². The predicted molar refractivity (Wildman–Crippen MR) is 67.7 cm³/mol. The second-order valence-corrected chi connectivity index (χ2v) is 5.66. The van der Waals surface area contributed by atoms with Gasteiger partial charge in [-0.3, -0.25) is 4.79 Å². The Morgan fingerprint density at radius 1 is 1.50 bits per heavy atom. The molecule has 0 saturated heterocycles. The van der Waals surface area contributed by atoms with Crippen LogP contribution in [0.15, 0.2) is 16.5 Å². The summed E-state index contributed by atoms with van der Waals surface area (Å²) >= 11 is 0. The molecule has 0 atom stereocenters. The standard InChI is InChI=1S/C14H20N2O2/c1-10-2-5-12(18-10)8-16(11-3-4-11)13(17)14(9-15)6-7-14/h2,5,11H,3-4,6-9,15H2,1H3. The molecule has 1 amide bonds. The molecule has 1 aromatic heterocycles. The summed E-state index contributed by atoms with van der Waals surface area (Å²) in [5, 5.41) is 0. The van der Waals surface area contributed by atoms with Crippen LogP contribution in [-0.2, 0) is 11.3 Å². The lowest BCUT2D eigenvalue weighted by molar-refractivity contribution is -0.138. The number of hydrogen-bond acceptors (Lipinski definition) is 3. The zero-order valence-corrected chi connectivity index (χ0v) is 10.8. The molecule has 2 N–H and O–H groups in total. The van der Waals surface area contributed by atoms with Gasteiger partial charge in [0.2, 0.25) is 5.91 Å². The number of rotatable bonds is 5. The van der Waals surface area contributed by atoms with Crippen molar-refractivity contribution in [3.8, 4) is 0 Å². The Bertz CT molecular complexity index is 458. The van der Waals surface area contributed by atoms with Crippen LogP contribution in [0, 0.1) is 12.3 Å². The van der Waals surface area contributed by atoms with Crippen molar-refractivity contribution in [2.45, 2.75) is 45.2 Å². The summed E-state index contributed by atoms with van der Waals surface area (Å²) < 4.78 is 5.58. The Morgan fingerprint density at radius 3 is 2.67 bits per heavy atom. The van der Waals surface area contributed by atoms with Gasteiger partial charge in [-0.05, 0) is 44.7 Å². The zero-order chi connectivity index (χ0) is 12.8. The van der Waals surface area contributed by atoms with Gasteiger partial charge in [-0.1, -0.05) is 0 Å². The zero-order valence-electron chi connectivity index (χ0n) is 10.8. The molecular weight excluding hydrogens is 228 g/mol. The maximum absolute atomic E-state index is 12.6. The van der Waals surface area contributed by atoms with Gasteiger partial charge < -0.3 is 15.1 Å². The predicted octanol–water partition coefficient (Wildman–Crippen LogP) is 1.82. The molecule has 2 aliphatic carbocycles. The lowest BCUT2D eigenvalue weighted by Crippen LogP contribution is -2.41. The molecule has 1 heterocycles. The third kappa shape index (κ3) is 2.05. The smallest absolute Gasteiger partial charge is 0.230 e. The van der Waals surface area contributed by atoms with Gasteiger partial charge in [0.25, 0.3) is 0 Å². The normalized spacial score (nSPS) is 20.8. The quantitative estimate of drug-likeness (QED) is 0.864. The number of aryl methyl sites for hydroxylation is 1. The largest absolute Gasteiger partial charge is 0.464 e. The minimum absolute atomic E-state index is 0.238. The lowest BCUT2D eigenvalue weighted by Gasteiger charge is -2.26. The Morgan fingerprint density at radius 2 is 2.22 bits per heavy atom. The maximum atomic E-state index is 12.6. The number of nitrogens with two attached hydrogens (primary N) is 1. The minimum atomic E-state index is -0.246. The molecule has 4 nitrogen and oxygen atoms in total. The van der Waals surface area contributed by atoms with Crippen LogP contribution < -0.4 is 5.73 Å². The third-order valence-electron chi connectivity index (χ3n) is 4.07. The number of amides is 1. The highest BCUT2D eigenvalue weighted by Crippen LogP contribution is 2.48. The lowest BCUT2D eigenvalue weighted by atomic mass is 10.1. The monoisotopic (exact) mass is 248 g/mol. The maximum Gasteiger partial charge on any atom is 0.230 e. The first-order valence-corrected chi connectivity index (χ1v) is 6.71. The van der Waals surface area contributed by atoms with Crippen LogP contribution in [0.4, 0.5) is 0 Å². The Kier molecular flexibility index (Phi) is 2.70. The van der Waals surface area contributed by atoms with Crippen LogP contribution in [-0.4, -0.2) is 23.4 Å². The van der Waals surface area contributed by atoms with E-state index in [1.807, 2.05) is 24.0 Å². The Hall–Kier alpha value is -1.29. The minimum Gasteiger partial charge on any atom is -0.464 e. The van der Waals surface area contributed by atoms with E-state index in [-0.39, 0.29) is 11.3 Å². The molecule has 18 heavy (non-hydrogen) atoms. The SMILES string of the molecule is Cc1ccc(CN(C(=O)C2(CN)CC2)C2CC2)o1. The van der Waals surface area contributed by atoms with E-state index >= 15 is 0 Å². The van der Waals surface area contributed by atoms with Crippen molar-refractivity contribution in [2.75, 3.05) is 6.54 Å². The van der Waals surface area contributed by atoms with Crippen molar-refractivity contribution in [1.82, 2.24) is 4.90 Å². The second-order valence-electron chi connectivity index (χ2n) is 5.66. The van der Waals surface area contributed by atoms with Crippen LogP contribution in [0.2, 0.25) is 0 Å². The summed E-state index contributed by atoms with van der Waals surface area (Å²) in [6.45, 7) is 3.00. The molecular formula is C14H20N2O2. The highest BCUT2D eigenvalue weighted by atomic mass is 16.3. The fourth-order valence-electron chi connectivity index (χ4n) is 2.45. The number of hydrogen-bond donors (Lipinski definition) is 1. The highest BCUT2D eigenvalue weighted by Gasteiger charge is 2.52. The van der Waals surface area contributed by atoms with Crippen LogP contribution >= 0.6 is 0 Å². The summed E-state index contributed by atoms with van der Waals surface area (Å²) in [5.74, 6) is 2.01. The number of nitrogens with zero attached hydrogens (tertiary/aromatic N) is 1. The Labute approximate surface area is 107 Å². The molecule has 98 valence electrons. The molecule has 2 saturated carbocycles. The summed E-state index contributed by atoms with van der Waals surface area (Å²) in [5.41, 5.74) is 5.51. The van der Waals surface area contributed by atoms with Crippen molar-refractivity contribution in [3.63, 3.8) is 0 Å². The van der Waals surface area contributed by atoms with Crippen molar-refractivity contribution in [2.24, 2.45) is 11.1 Å². The van der Waals surface area contributed by atoms with Crippen LogP contribution in [0.1, 0.15) is 37.2 Å². The summed E-state index contributed by atoms with van der Waals surface area (Å²) in [6.07, 6.45) is 4.13. The van der Waals surface area contributed by atoms with E-state index < -0.39 is 0 Å². The molecule has 0 radical (unpaired) electrons. The van der Waals surface area contributed by atoms with Gasteiger partial charge >= 0.3 is 0 Å². The first kappa shape index (κ1) is 11.8. The van der Waals surface area contributed by atoms with Gasteiger partial charge in [0.05, 0.1) is 12.0 Å². The molecule has 4 heteroatoms. The number of carbonyl (C=O) groups is 1. The van der Waals surface area contributed by atoms with Crippen molar-refractivity contribution < 1.29 is 9.21 Å². The van der Waals surface area contributed by atoms with E-state index in [4.69, 9.17) is 10.2 Å². The second kappa shape index (κ2) is 4.12. The fourth-order valence-corrected chi connectivity index (χ4v) is 2.45. The van der Waals surface area contributed by atoms with Gasteiger partial charge in [0, 0.05) is 12.6 Å². The molecule has 0 aliphatic heterocycles. The summed E-state index contributed by atoms with van der Waals surface area (Å²) in [4.78, 5) is 14.5. The topological polar surface area (TPSA) is 59.5 Å². The molecule has 0 spiro atoms. The fraction of sp³-hybridized carbons (Fsp3) is 0.643. The van der Waals surface area contributed by atoms with E-state index in [0.29, 0.717) is 19.1 Å². The molecule has 0 bridgehead atoms. The molecule has 0 unspecified atom stereocenters. The van der Waals surface area contributed by atoms with Gasteiger partial charge in [-0.25, -0.2) is 0 Å². The van der Waals surface area contributed by atoms with Gasteiger partial charge in [-0.2, -0.15) is 0 Å². The summed E-state index contributed by atoms with van der Waals surface area (Å²) in [7, 11) is 0. The third-order valence-corrected chi connectivity index (χ3v) is 4.07. The van der Waals surface area contributed by atoms with Gasteiger partial charge in [0.1, 0.15) is 11.5 Å². The van der Waals surface area contributed by atoms with E-state index in [2.05, 4.69) is 0 Å². The van der Waals surface area contributed by atoms with Crippen molar-refractivity contribution in [3.05, 3.63) is 23.7 Å². The molecule has 2 fully saturated rings. The summed E-state index contributed by atoms with van der Waals surface area (Å²) in [6, 6.07) is 4.31. The molecule has 2 aliphatic rings. The number of furan rings is 1. The van der Waals surface area contributed by atoms with Crippen molar-refractivity contribution >= 4 is 5.91 Å². The number of carbonyl (C=O) groups excluding carboxylic acids is 1. The van der Waals surface area contributed by atoms with E-state index in [1.165, 1.54) is 0 Å². The van der Waals surface area contributed by atoms with Gasteiger partial charge in [-0.15, -0.1) is 0 Å².